The Bertz CT molecular complexity index is 1420. The minimum Gasteiger partial charge on any atom is -0.379 e. The summed E-state index contributed by atoms with van der Waals surface area (Å²) in [5.74, 6) is 1.55. The van der Waals surface area contributed by atoms with Gasteiger partial charge in [0.15, 0.2) is 11.6 Å². The summed E-state index contributed by atoms with van der Waals surface area (Å²) >= 11 is 0. The molecule has 1 unspecified atom stereocenters. The lowest BCUT2D eigenvalue weighted by Gasteiger charge is -2.31. The van der Waals surface area contributed by atoms with Crippen LogP contribution in [0.3, 0.4) is 0 Å². The minimum atomic E-state index is -0.133. The number of ketones is 1. The lowest BCUT2D eigenvalue weighted by atomic mass is 10.0. The molecule has 1 saturated heterocycles. The second-order valence-corrected chi connectivity index (χ2v) is 9.67. The third-order valence-electron chi connectivity index (χ3n) is 7.18. The first-order valence-electron chi connectivity index (χ1n) is 12.9. The van der Waals surface area contributed by atoms with E-state index in [0.29, 0.717) is 38.7 Å². The van der Waals surface area contributed by atoms with E-state index in [4.69, 9.17) is 19.4 Å². The van der Waals surface area contributed by atoms with E-state index in [1.165, 1.54) is 0 Å². The van der Waals surface area contributed by atoms with Gasteiger partial charge in [-0.05, 0) is 36.2 Å². The van der Waals surface area contributed by atoms with E-state index in [2.05, 4.69) is 20.4 Å². The van der Waals surface area contributed by atoms with E-state index in [9.17, 15) is 4.79 Å². The van der Waals surface area contributed by atoms with E-state index < -0.39 is 0 Å². The lowest BCUT2D eigenvalue weighted by molar-refractivity contribution is -0.124. The van der Waals surface area contributed by atoms with Crippen molar-refractivity contribution < 1.29 is 14.3 Å². The number of benzene rings is 2. The summed E-state index contributed by atoms with van der Waals surface area (Å²) in [4.78, 5) is 24.9. The van der Waals surface area contributed by atoms with Crippen molar-refractivity contribution in [2.75, 3.05) is 31.6 Å². The zero-order chi connectivity index (χ0) is 25.9. The normalized spacial score (nSPS) is 16.2. The van der Waals surface area contributed by atoms with Crippen molar-refractivity contribution in [2.24, 2.45) is 0 Å². The third kappa shape index (κ3) is 5.22. The molecule has 9 nitrogen and oxygen atoms in total. The van der Waals surface area contributed by atoms with Crippen molar-refractivity contribution in [3.05, 3.63) is 77.7 Å². The number of nitrogens with one attached hydrogen (secondary N) is 2. The highest BCUT2D eigenvalue weighted by molar-refractivity contribution is 5.86. The minimum absolute atomic E-state index is 0.133. The second kappa shape index (κ2) is 10.8. The van der Waals surface area contributed by atoms with Crippen LogP contribution in [-0.2, 0) is 33.9 Å². The number of anilines is 2. The van der Waals surface area contributed by atoms with E-state index >= 15 is 0 Å². The Morgan fingerprint density at radius 3 is 2.66 bits per heavy atom. The van der Waals surface area contributed by atoms with Crippen molar-refractivity contribution in [3.8, 4) is 22.5 Å². The summed E-state index contributed by atoms with van der Waals surface area (Å²) in [5, 5.41) is 10.3. The number of Topliss-reactive ketones (excluding diaryl/α,β-unsaturated/α-hetero) is 1. The molecule has 1 atom stereocenters. The summed E-state index contributed by atoms with van der Waals surface area (Å²) in [6, 6.07) is 16.0. The molecule has 1 fully saturated rings. The number of ether oxygens (including phenoxy) is 2. The lowest BCUT2D eigenvalue weighted by Crippen LogP contribution is -2.46. The number of carbonyl (C=O) groups excluding carboxylic acids is 1. The highest BCUT2D eigenvalue weighted by atomic mass is 16.5. The number of hydrogen-bond donors (Lipinski definition) is 2. The average molecular weight is 511 g/mol. The number of aromatic amines is 1. The first-order chi connectivity index (χ1) is 18.6. The molecule has 4 heterocycles. The predicted octanol–water partition coefficient (Wildman–Crippen LogP) is 4.14. The Labute approximate surface area is 221 Å². The zero-order valence-corrected chi connectivity index (χ0v) is 21.3. The maximum atomic E-state index is 13.0. The second-order valence-electron chi connectivity index (χ2n) is 9.67. The zero-order valence-electron chi connectivity index (χ0n) is 21.3. The van der Waals surface area contributed by atoms with E-state index in [1.807, 2.05) is 61.7 Å². The SMILES string of the molecule is CC(C(=O)Cc1cccc(-c2nc3c(c(Nc4ccc(-c5cn[nH]c5)cc4)n2)COC3)c1)N1CCOCC1. The van der Waals surface area contributed by atoms with Crippen LogP contribution in [0.5, 0.6) is 0 Å². The van der Waals surface area contributed by atoms with Crippen LogP contribution >= 0.6 is 0 Å². The summed E-state index contributed by atoms with van der Waals surface area (Å²) in [6.07, 6.45) is 4.04. The van der Waals surface area contributed by atoms with Crippen LogP contribution in [0.4, 0.5) is 11.5 Å². The van der Waals surface area contributed by atoms with Crippen LogP contribution in [0.1, 0.15) is 23.7 Å². The van der Waals surface area contributed by atoms with Gasteiger partial charge in [-0.1, -0.05) is 30.3 Å². The molecule has 0 radical (unpaired) electrons. The van der Waals surface area contributed by atoms with E-state index in [1.54, 1.807) is 6.20 Å². The predicted molar refractivity (Wildman–Crippen MR) is 144 cm³/mol. The van der Waals surface area contributed by atoms with Crippen molar-refractivity contribution in [1.29, 1.82) is 0 Å². The van der Waals surface area contributed by atoms with Crippen molar-refractivity contribution in [2.45, 2.75) is 32.6 Å². The fourth-order valence-electron chi connectivity index (χ4n) is 4.91. The Hall–Kier alpha value is -3.92. The van der Waals surface area contributed by atoms with Gasteiger partial charge in [-0.2, -0.15) is 5.10 Å². The molecule has 2 aliphatic rings. The molecule has 38 heavy (non-hydrogen) atoms. The third-order valence-corrected chi connectivity index (χ3v) is 7.18. The van der Waals surface area contributed by atoms with Gasteiger partial charge in [-0.15, -0.1) is 0 Å². The van der Waals surface area contributed by atoms with Crippen molar-refractivity contribution in [3.63, 3.8) is 0 Å². The maximum absolute atomic E-state index is 13.0. The molecule has 194 valence electrons. The largest absolute Gasteiger partial charge is 0.379 e. The van der Waals surface area contributed by atoms with Crippen LogP contribution < -0.4 is 5.32 Å². The van der Waals surface area contributed by atoms with Gasteiger partial charge < -0.3 is 14.8 Å². The Kier molecular flexibility index (Phi) is 6.96. The Morgan fingerprint density at radius 2 is 1.87 bits per heavy atom. The molecular formula is C29H30N6O3. The number of rotatable bonds is 8. The fourth-order valence-corrected chi connectivity index (χ4v) is 4.91. The number of aromatic nitrogens is 4. The van der Waals surface area contributed by atoms with Gasteiger partial charge in [0.05, 0.1) is 44.4 Å². The highest BCUT2D eigenvalue weighted by Gasteiger charge is 2.24. The summed E-state index contributed by atoms with van der Waals surface area (Å²) in [6.45, 7) is 5.85. The molecule has 2 aromatic carbocycles. The van der Waals surface area contributed by atoms with Crippen molar-refractivity contribution in [1.82, 2.24) is 25.1 Å². The van der Waals surface area contributed by atoms with Crippen LogP contribution in [0.15, 0.2) is 60.9 Å². The number of carbonyl (C=O) groups is 1. The topological polar surface area (TPSA) is 105 Å². The Morgan fingerprint density at radius 1 is 1.03 bits per heavy atom. The molecular weight excluding hydrogens is 480 g/mol. The first kappa shape index (κ1) is 24.4. The number of morpholine rings is 1. The fraction of sp³-hybridized carbons (Fsp3) is 0.310. The molecule has 0 spiro atoms. The van der Waals surface area contributed by atoms with Gasteiger partial charge in [0, 0.05) is 48.1 Å². The van der Waals surface area contributed by atoms with E-state index in [-0.39, 0.29) is 11.8 Å². The molecule has 2 aromatic heterocycles. The molecule has 0 aliphatic carbocycles. The number of H-pyrrole nitrogens is 1. The Balaban J connectivity index is 1.22. The van der Waals surface area contributed by atoms with Crippen LogP contribution in [0.25, 0.3) is 22.5 Å². The maximum Gasteiger partial charge on any atom is 0.161 e. The van der Waals surface area contributed by atoms with Crippen molar-refractivity contribution >= 4 is 17.3 Å². The monoisotopic (exact) mass is 510 g/mol. The highest BCUT2D eigenvalue weighted by Crippen LogP contribution is 2.31. The molecule has 6 rings (SSSR count). The quantitative estimate of drug-likeness (QED) is 0.364. The van der Waals surface area contributed by atoms with Crippen LogP contribution in [0, 0.1) is 0 Å². The molecule has 2 aliphatic heterocycles. The number of hydrogen-bond acceptors (Lipinski definition) is 8. The molecule has 0 bridgehead atoms. The van der Waals surface area contributed by atoms with Gasteiger partial charge >= 0.3 is 0 Å². The van der Waals surface area contributed by atoms with Gasteiger partial charge in [0.25, 0.3) is 0 Å². The molecule has 2 N–H and O–H groups in total. The van der Waals surface area contributed by atoms with Crippen LogP contribution in [0.2, 0.25) is 0 Å². The summed E-state index contributed by atoms with van der Waals surface area (Å²) in [7, 11) is 0. The van der Waals surface area contributed by atoms with Crippen LogP contribution in [-0.4, -0.2) is 63.2 Å². The summed E-state index contributed by atoms with van der Waals surface area (Å²) < 4.78 is 11.1. The first-order valence-corrected chi connectivity index (χ1v) is 12.9. The molecule has 0 amide bonds. The van der Waals surface area contributed by atoms with E-state index in [0.717, 1.165) is 58.1 Å². The smallest absolute Gasteiger partial charge is 0.161 e. The average Bonchev–Trinajstić information content (AvgIpc) is 3.67. The van der Waals surface area contributed by atoms with Gasteiger partial charge in [0.2, 0.25) is 0 Å². The standard InChI is InChI=1S/C29H30N6O3/c1-19(35-9-11-37-12-10-35)27(36)14-20-3-2-4-22(13-20)28-33-26-18-38-17-25(26)29(34-28)32-24-7-5-21(6-8-24)23-15-30-31-16-23/h2-8,13,15-16,19H,9-12,14,17-18H2,1H3,(H,30,31)(H,32,33,34). The molecule has 9 heteroatoms. The summed E-state index contributed by atoms with van der Waals surface area (Å²) in [5.41, 5.74) is 6.73. The van der Waals surface area contributed by atoms with Gasteiger partial charge in [-0.3, -0.25) is 14.8 Å². The number of fused-ring (bicyclic) bond motifs is 1. The molecule has 0 saturated carbocycles. The van der Waals surface area contributed by atoms with Gasteiger partial charge in [0.1, 0.15) is 5.82 Å². The van der Waals surface area contributed by atoms with Gasteiger partial charge in [-0.25, -0.2) is 9.97 Å². The number of nitrogens with zero attached hydrogens (tertiary/aromatic N) is 4. The molecule has 4 aromatic rings.